The second kappa shape index (κ2) is 4.20. The maximum atomic E-state index is 5.95. The molecule has 4 nitrogen and oxygen atoms in total. The normalized spacial score (nSPS) is 29.2. The van der Waals surface area contributed by atoms with Gasteiger partial charge in [-0.1, -0.05) is 11.6 Å². The Balaban J connectivity index is 1.80. The minimum absolute atomic E-state index is 0.284. The number of hydrogen-bond acceptors (Lipinski definition) is 4. The number of nitrogens with zero attached hydrogens (tertiary/aromatic N) is 2. The number of nitrogens with one attached hydrogen (secondary N) is 1. The number of aromatic nitrogens is 1. The van der Waals surface area contributed by atoms with Gasteiger partial charge in [-0.15, -0.1) is 0 Å². The lowest BCUT2D eigenvalue weighted by Crippen LogP contribution is -2.58. The zero-order chi connectivity index (χ0) is 11.0. The molecule has 0 aliphatic carbocycles. The van der Waals surface area contributed by atoms with Gasteiger partial charge >= 0.3 is 0 Å². The molecular weight excluding hydrogens is 226 g/mol. The van der Waals surface area contributed by atoms with Gasteiger partial charge in [0.25, 0.3) is 0 Å². The van der Waals surface area contributed by atoms with Crippen molar-refractivity contribution < 1.29 is 4.74 Å². The molecule has 5 heteroatoms. The van der Waals surface area contributed by atoms with Crippen LogP contribution in [0.25, 0.3) is 0 Å². The molecule has 2 fully saturated rings. The van der Waals surface area contributed by atoms with Crippen LogP contribution in [0.2, 0.25) is 5.02 Å². The lowest BCUT2D eigenvalue weighted by Gasteiger charge is -2.42. The summed E-state index contributed by atoms with van der Waals surface area (Å²) in [4.78, 5) is 6.43. The van der Waals surface area contributed by atoms with Crippen molar-refractivity contribution in [3.8, 4) is 0 Å². The van der Waals surface area contributed by atoms with E-state index >= 15 is 0 Å². The first-order valence-electron chi connectivity index (χ1n) is 5.53. The third-order valence-electron chi connectivity index (χ3n) is 3.03. The van der Waals surface area contributed by atoms with E-state index in [0.29, 0.717) is 5.02 Å². The van der Waals surface area contributed by atoms with Crippen LogP contribution in [0.4, 0.5) is 5.69 Å². The minimum atomic E-state index is 0.284. The van der Waals surface area contributed by atoms with E-state index in [1.807, 2.05) is 12.3 Å². The second-order valence-corrected chi connectivity index (χ2v) is 4.74. The molecule has 1 N–H and O–H groups in total. The molecule has 0 spiro atoms. The lowest BCUT2D eigenvalue weighted by molar-refractivity contribution is -0.0484. The van der Waals surface area contributed by atoms with Crippen molar-refractivity contribution in [3.05, 3.63) is 23.5 Å². The van der Waals surface area contributed by atoms with E-state index in [-0.39, 0.29) is 12.2 Å². The largest absolute Gasteiger partial charge is 0.369 e. The van der Waals surface area contributed by atoms with Crippen molar-refractivity contribution in [2.75, 3.05) is 31.1 Å². The Bertz CT molecular complexity index is 375. The van der Waals surface area contributed by atoms with Crippen LogP contribution in [0.3, 0.4) is 0 Å². The third-order valence-corrected chi connectivity index (χ3v) is 3.24. The standard InChI is InChI=1S/C11H14ClN3O/c12-8-1-9(3-13-2-8)15-6-10-4-14-5-11(7-15)16-10/h1-3,10-11,14H,4-7H2. The predicted octanol–water partition coefficient (Wildman–Crippen LogP) is 0.912. The van der Waals surface area contributed by atoms with E-state index in [2.05, 4.69) is 15.2 Å². The molecule has 3 heterocycles. The maximum Gasteiger partial charge on any atom is 0.0879 e. The highest BCUT2D eigenvalue weighted by Gasteiger charge is 2.31. The van der Waals surface area contributed by atoms with E-state index in [9.17, 15) is 0 Å². The van der Waals surface area contributed by atoms with Crippen molar-refractivity contribution in [1.82, 2.24) is 10.3 Å². The van der Waals surface area contributed by atoms with Crippen LogP contribution in [0.1, 0.15) is 0 Å². The third kappa shape index (κ3) is 2.00. The number of halogens is 1. The number of rotatable bonds is 1. The Morgan fingerprint density at radius 2 is 2.06 bits per heavy atom. The maximum absolute atomic E-state index is 5.95. The van der Waals surface area contributed by atoms with Crippen LogP contribution >= 0.6 is 11.6 Å². The van der Waals surface area contributed by atoms with Crippen LogP contribution < -0.4 is 10.2 Å². The van der Waals surface area contributed by atoms with E-state index in [0.717, 1.165) is 31.9 Å². The van der Waals surface area contributed by atoms with E-state index in [1.165, 1.54) is 0 Å². The van der Waals surface area contributed by atoms with Crippen molar-refractivity contribution in [1.29, 1.82) is 0 Å². The smallest absolute Gasteiger partial charge is 0.0879 e. The molecule has 0 amide bonds. The summed E-state index contributed by atoms with van der Waals surface area (Å²) in [6.07, 6.45) is 4.09. The Kier molecular flexibility index (Phi) is 2.71. The van der Waals surface area contributed by atoms with Gasteiger partial charge in [0, 0.05) is 32.4 Å². The van der Waals surface area contributed by atoms with Crippen LogP contribution in [-0.4, -0.2) is 43.4 Å². The summed E-state index contributed by atoms with van der Waals surface area (Å²) in [5.74, 6) is 0. The highest BCUT2D eigenvalue weighted by molar-refractivity contribution is 6.30. The highest BCUT2D eigenvalue weighted by atomic mass is 35.5. The van der Waals surface area contributed by atoms with Gasteiger partial charge in [-0.05, 0) is 6.07 Å². The monoisotopic (exact) mass is 239 g/mol. The summed E-state index contributed by atoms with van der Waals surface area (Å²) in [5, 5.41) is 4.06. The summed E-state index contributed by atoms with van der Waals surface area (Å²) in [7, 11) is 0. The number of ether oxygens (including phenoxy) is 1. The first-order chi connectivity index (χ1) is 7.81. The number of morpholine rings is 2. The van der Waals surface area contributed by atoms with E-state index < -0.39 is 0 Å². The zero-order valence-electron chi connectivity index (χ0n) is 8.90. The van der Waals surface area contributed by atoms with Crippen LogP contribution in [0.5, 0.6) is 0 Å². The highest BCUT2D eigenvalue weighted by Crippen LogP contribution is 2.23. The Morgan fingerprint density at radius 3 is 2.75 bits per heavy atom. The number of pyridine rings is 1. The van der Waals surface area contributed by atoms with Gasteiger partial charge in [-0.2, -0.15) is 0 Å². The van der Waals surface area contributed by atoms with Crippen LogP contribution in [0.15, 0.2) is 18.5 Å². The first kappa shape index (κ1) is 10.3. The zero-order valence-corrected chi connectivity index (χ0v) is 9.65. The summed E-state index contributed by atoms with van der Waals surface area (Å²) in [6.45, 7) is 3.68. The fourth-order valence-electron chi connectivity index (χ4n) is 2.34. The number of fused-ring (bicyclic) bond motifs is 2. The van der Waals surface area contributed by atoms with Gasteiger partial charge in [-0.3, -0.25) is 4.98 Å². The van der Waals surface area contributed by atoms with Gasteiger partial charge in [0.15, 0.2) is 0 Å². The molecular formula is C11H14ClN3O. The summed E-state index contributed by atoms with van der Waals surface area (Å²) >= 11 is 5.95. The van der Waals surface area contributed by atoms with Crippen LogP contribution in [0, 0.1) is 0 Å². The van der Waals surface area contributed by atoms with E-state index in [1.54, 1.807) is 6.20 Å². The first-order valence-corrected chi connectivity index (χ1v) is 5.91. The molecule has 86 valence electrons. The summed E-state index contributed by atoms with van der Waals surface area (Å²) < 4.78 is 5.85. The van der Waals surface area contributed by atoms with Crippen molar-refractivity contribution in [2.24, 2.45) is 0 Å². The SMILES string of the molecule is Clc1cncc(N2CC3CNCC(C2)O3)c1. The topological polar surface area (TPSA) is 37.4 Å². The van der Waals surface area contributed by atoms with Gasteiger partial charge in [0.1, 0.15) is 0 Å². The minimum Gasteiger partial charge on any atom is -0.369 e. The van der Waals surface area contributed by atoms with Gasteiger partial charge < -0.3 is 15.0 Å². The molecule has 0 saturated carbocycles. The summed E-state index contributed by atoms with van der Waals surface area (Å²) in [5.41, 5.74) is 1.09. The van der Waals surface area contributed by atoms with Gasteiger partial charge in [-0.25, -0.2) is 0 Å². The van der Waals surface area contributed by atoms with Crippen molar-refractivity contribution >= 4 is 17.3 Å². The van der Waals surface area contributed by atoms with Gasteiger partial charge in [0.05, 0.1) is 29.1 Å². The molecule has 1 aromatic rings. The molecule has 3 rings (SSSR count). The molecule has 2 aliphatic heterocycles. The summed E-state index contributed by atoms with van der Waals surface area (Å²) in [6, 6.07) is 1.96. The molecule has 0 aromatic carbocycles. The fraction of sp³-hybridized carbons (Fsp3) is 0.545. The van der Waals surface area contributed by atoms with Crippen molar-refractivity contribution in [2.45, 2.75) is 12.2 Å². The second-order valence-electron chi connectivity index (χ2n) is 4.30. The number of hydrogen-bond donors (Lipinski definition) is 1. The van der Waals surface area contributed by atoms with Crippen LogP contribution in [-0.2, 0) is 4.74 Å². The molecule has 0 radical (unpaired) electrons. The molecule has 2 aliphatic rings. The average Bonchev–Trinajstić information content (AvgIpc) is 2.28. The Morgan fingerprint density at radius 1 is 1.31 bits per heavy atom. The molecule has 2 saturated heterocycles. The molecule has 2 atom stereocenters. The molecule has 1 aromatic heterocycles. The fourth-order valence-corrected chi connectivity index (χ4v) is 2.51. The lowest BCUT2D eigenvalue weighted by atomic mass is 10.1. The predicted molar refractivity (Wildman–Crippen MR) is 63.0 cm³/mol. The van der Waals surface area contributed by atoms with Crippen molar-refractivity contribution in [3.63, 3.8) is 0 Å². The Labute approximate surface area is 99.6 Å². The molecule has 2 bridgehead atoms. The quantitative estimate of drug-likeness (QED) is 0.791. The van der Waals surface area contributed by atoms with Gasteiger partial charge in [0.2, 0.25) is 0 Å². The Hall–Kier alpha value is -0.840. The number of anilines is 1. The van der Waals surface area contributed by atoms with E-state index in [4.69, 9.17) is 16.3 Å². The molecule has 16 heavy (non-hydrogen) atoms. The average molecular weight is 240 g/mol. The molecule has 2 unspecified atom stereocenters.